The second-order valence-electron chi connectivity index (χ2n) is 7.53. The average Bonchev–Trinajstić information content (AvgIpc) is 2.80. The van der Waals surface area contributed by atoms with Gasteiger partial charge in [0.15, 0.2) is 6.10 Å². The summed E-state index contributed by atoms with van der Waals surface area (Å²) in [4.78, 5) is 25.0. The van der Waals surface area contributed by atoms with Gasteiger partial charge in [0.2, 0.25) is 0 Å². The summed E-state index contributed by atoms with van der Waals surface area (Å²) in [6.45, 7) is 1.65. The Bertz CT molecular complexity index is 1340. The molecular weight excluding hydrogens is 444 g/mol. The molecular formula is C24H22N2O6S. The fourth-order valence-electron chi connectivity index (χ4n) is 3.60. The smallest absolute Gasteiger partial charge is 0.339 e. The number of carbonyl (C=O) groups is 2. The van der Waals surface area contributed by atoms with Crippen LogP contribution in [0.5, 0.6) is 5.75 Å². The summed E-state index contributed by atoms with van der Waals surface area (Å²) in [5, 5.41) is 2.66. The summed E-state index contributed by atoms with van der Waals surface area (Å²) in [6.07, 6.45) is -0.777. The Morgan fingerprint density at radius 2 is 1.79 bits per heavy atom. The number of fused-ring (bicyclic) bond motifs is 1. The summed E-state index contributed by atoms with van der Waals surface area (Å²) >= 11 is 0. The molecule has 0 aromatic heterocycles. The minimum Gasteiger partial charge on any atom is -0.495 e. The Morgan fingerprint density at radius 1 is 1.06 bits per heavy atom. The van der Waals surface area contributed by atoms with E-state index in [-0.39, 0.29) is 17.0 Å². The lowest BCUT2D eigenvalue weighted by Crippen LogP contribution is -2.38. The Labute approximate surface area is 191 Å². The van der Waals surface area contributed by atoms with Crippen molar-refractivity contribution >= 4 is 33.3 Å². The normalized spacial score (nSPS) is 15.2. The van der Waals surface area contributed by atoms with Crippen molar-refractivity contribution in [3.05, 3.63) is 83.4 Å². The summed E-state index contributed by atoms with van der Waals surface area (Å²) in [7, 11) is -2.53. The zero-order valence-electron chi connectivity index (χ0n) is 18.0. The second-order valence-corrected chi connectivity index (χ2v) is 9.18. The molecule has 1 unspecified atom stereocenters. The molecule has 2 N–H and O–H groups in total. The predicted molar refractivity (Wildman–Crippen MR) is 123 cm³/mol. The molecule has 3 aromatic rings. The molecule has 3 aromatic carbocycles. The van der Waals surface area contributed by atoms with Crippen LogP contribution < -0.4 is 14.8 Å². The Balaban J connectivity index is 1.55. The lowest BCUT2D eigenvalue weighted by Gasteiger charge is -2.24. The van der Waals surface area contributed by atoms with Crippen molar-refractivity contribution in [1.82, 2.24) is 0 Å². The minimum absolute atomic E-state index is 0.00260. The number of sulfonamides is 1. The van der Waals surface area contributed by atoms with E-state index in [1.807, 2.05) is 0 Å². The van der Waals surface area contributed by atoms with E-state index >= 15 is 0 Å². The highest BCUT2D eigenvalue weighted by Crippen LogP contribution is 2.29. The van der Waals surface area contributed by atoms with E-state index in [0.29, 0.717) is 22.6 Å². The summed E-state index contributed by atoms with van der Waals surface area (Å²) in [5.74, 6) is -0.726. The van der Waals surface area contributed by atoms with Crippen molar-refractivity contribution in [1.29, 1.82) is 0 Å². The van der Waals surface area contributed by atoms with Crippen molar-refractivity contribution in [3.63, 3.8) is 0 Å². The van der Waals surface area contributed by atoms with Gasteiger partial charge in [-0.15, -0.1) is 0 Å². The van der Waals surface area contributed by atoms with Crippen LogP contribution >= 0.6 is 0 Å². The quantitative estimate of drug-likeness (QED) is 0.538. The van der Waals surface area contributed by atoms with Gasteiger partial charge in [-0.1, -0.05) is 36.4 Å². The van der Waals surface area contributed by atoms with Crippen LogP contribution in [0.3, 0.4) is 0 Å². The third-order valence-electron chi connectivity index (χ3n) is 5.28. The molecule has 0 fully saturated rings. The highest BCUT2D eigenvalue weighted by molar-refractivity contribution is 7.92. The molecule has 1 amide bonds. The first-order valence-corrected chi connectivity index (χ1v) is 11.6. The maximum Gasteiger partial charge on any atom is 0.339 e. The molecule has 1 aliphatic rings. The zero-order chi connectivity index (χ0) is 23.6. The maximum absolute atomic E-state index is 13.1. The molecule has 0 aliphatic carbocycles. The third-order valence-corrected chi connectivity index (χ3v) is 6.79. The largest absolute Gasteiger partial charge is 0.495 e. The molecule has 0 saturated carbocycles. The number of amides is 1. The number of hydrogen-bond donors (Lipinski definition) is 2. The zero-order valence-corrected chi connectivity index (χ0v) is 18.8. The molecule has 0 bridgehead atoms. The van der Waals surface area contributed by atoms with Crippen molar-refractivity contribution in [2.45, 2.75) is 24.3 Å². The Morgan fingerprint density at radius 3 is 2.58 bits per heavy atom. The van der Waals surface area contributed by atoms with Gasteiger partial charge < -0.3 is 14.8 Å². The monoisotopic (exact) mass is 466 g/mol. The fourth-order valence-corrected chi connectivity index (χ4v) is 4.94. The number of ether oxygens (including phenoxy) is 2. The number of rotatable bonds is 6. The molecule has 0 radical (unpaired) electrons. The van der Waals surface area contributed by atoms with Crippen molar-refractivity contribution in [3.8, 4) is 5.75 Å². The molecule has 1 heterocycles. The Kier molecular flexibility index (Phi) is 6.06. The molecule has 0 saturated heterocycles. The SMILES string of the molecule is COc1ccccc1NS(=O)(=O)c1cc(NC(=O)C2Cc3ccccc3C(=O)O2)ccc1C. The summed E-state index contributed by atoms with van der Waals surface area (Å²) in [5.41, 5.74) is 2.21. The predicted octanol–water partition coefficient (Wildman–Crippen LogP) is 3.52. The number of nitrogens with one attached hydrogen (secondary N) is 2. The van der Waals surface area contributed by atoms with E-state index in [0.717, 1.165) is 5.56 Å². The van der Waals surface area contributed by atoms with E-state index in [1.54, 1.807) is 67.6 Å². The first-order valence-electron chi connectivity index (χ1n) is 10.1. The number of benzene rings is 3. The number of anilines is 2. The van der Waals surface area contributed by atoms with Gasteiger partial charge in [0, 0.05) is 12.1 Å². The van der Waals surface area contributed by atoms with Crippen LogP contribution in [0.25, 0.3) is 0 Å². The van der Waals surface area contributed by atoms with Gasteiger partial charge in [-0.2, -0.15) is 0 Å². The molecule has 8 nitrogen and oxygen atoms in total. The van der Waals surface area contributed by atoms with Crippen LogP contribution in [0, 0.1) is 6.92 Å². The molecule has 170 valence electrons. The van der Waals surface area contributed by atoms with Gasteiger partial charge in [-0.05, 0) is 48.4 Å². The molecule has 4 rings (SSSR count). The first kappa shape index (κ1) is 22.3. The molecule has 9 heteroatoms. The van der Waals surface area contributed by atoms with E-state index < -0.39 is 28.0 Å². The molecule has 33 heavy (non-hydrogen) atoms. The number of esters is 1. The van der Waals surface area contributed by atoms with Gasteiger partial charge in [0.1, 0.15) is 5.75 Å². The number of cyclic esters (lactones) is 1. The van der Waals surface area contributed by atoms with Crippen LogP contribution in [-0.4, -0.2) is 33.5 Å². The van der Waals surface area contributed by atoms with Gasteiger partial charge in [0.05, 0.1) is 23.3 Å². The van der Waals surface area contributed by atoms with Gasteiger partial charge >= 0.3 is 5.97 Å². The first-order chi connectivity index (χ1) is 15.8. The Hall–Kier alpha value is -3.85. The highest BCUT2D eigenvalue weighted by Gasteiger charge is 2.31. The van der Waals surface area contributed by atoms with Crippen molar-refractivity contribution < 1.29 is 27.5 Å². The van der Waals surface area contributed by atoms with Crippen LogP contribution in [0.2, 0.25) is 0 Å². The van der Waals surface area contributed by atoms with Crippen molar-refractivity contribution in [2.24, 2.45) is 0 Å². The highest BCUT2D eigenvalue weighted by atomic mass is 32.2. The molecule has 1 atom stereocenters. The van der Waals surface area contributed by atoms with Crippen LogP contribution in [-0.2, 0) is 26.0 Å². The molecule has 0 spiro atoms. The van der Waals surface area contributed by atoms with E-state index in [1.165, 1.54) is 13.2 Å². The summed E-state index contributed by atoms with van der Waals surface area (Å²) < 4.78 is 39.1. The lowest BCUT2D eigenvalue weighted by molar-refractivity contribution is -0.125. The van der Waals surface area contributed by atoms with Gasteiger partial charge in [-0.3, -0.25) is 9.52 Å². The van der Waals surface area contributed by atoms with Gasteiger partial charge in [-0.25, -0.2) is 13.2 Å². The van der Waals surface area contributed by atoms with Gasteiger partial charge in [0.25, 0.3) is 15.9 Å². The number of hydrogen-bond acceptors (Lipinski definition) is 6. The molecule has 1 aliphatic heterocycles. The van der Waals surface area contributed by atoms with E-state index in [9.17, 15) is 18.0 Å². The van der Waals surface area contributed by atoms with E-state index in [4.69, 9.17) is 9.47 Å². The standard InChI is InChI=1S/C24H22N2O6S/c1-15-11-12-17(14-22(15)33(29,30)26-19-9-5-6-10-20(19)31-2)25-23(27)21-13-16-7-3-4-8-18(16)24(28)32-21/h3-12,14,21,26H,13H2,1-2H3,(H,25,27). The second kappa shape index (κ2) is 8.95. The van der Waals surface area contributed by atoms with Crippen LogP contribution in [0.4, 0.5) is 11.4 Å². The average molecular weight is 467 g/mol. The minimum atomic E-state index is -3.98. The number of para-hydroxylation sites is 2. The number of carbonyl (C=O) groups excluding carboxylic acids is 2. The van der Waals surface area contributed by atoms with Crippen molar-refractivity contribution in [2.75, 3.05) is 17.1 Å². The van der Waals surface area contributed by atoms with Crippen LogP contribution in [0.15, 0.2) is 71.6 Å². The van der Waals surface area contributed by atoms with E-state index in [2.05, 4.69) is 10.0 Å². The number of methoxy groups -OCH3 is 1. The number of aryl methyl sites for hydroxylation is 1. The fraction of sp³-hybridized carbons (Fsp3) is 0.167. The van der Waals surface area contributed by atoms with Crippen LogP contribution in [0.1, 0.15) is 21.5 Å². The third kappa shape index (κ3) is 4.68. The summed E-state index contributed by atoms with van der Waals surface area (Å²) in [6, 6.07) is 18.1. The topological polar surface area (TPSA) is 111 Å². The lowest BCUT2D eigenvalue weighted by atomic mass is 9.98. The maximum atomic E-state index is 13.1.